The van der Waals surface area contributed by atoms with E-state index in [-0.39, 0.29) is 5.83 Å². The van der Waals surface area contributed by atoms with Gasteiger partial charge in [0, 0.05) is 23.6 Å². The van der Waals surface area contributed by atoms with Crippen molar-refractivity contribution in [3.63, 3.8) is 0 Å². The molecule has 0 N–H and O–H groups in total. The monoisotopic (exact) mass is 379 g/mol. The van der Waals surface area contributed by atoms with Gasteiger partial charge in [-0.15, -0.1) is 0 Å². The van der Waals surface area contributed by atoms with Gasteiger partial charge < -0.3 is 9.30 Å². The van der Waals surface area contributed by atoms with Crippen molar-refractivity contribution in [2.45, 2.75) is 47.3 Å². The highest BCUT2D eigenvalue weighted by molar-refractivity contribution is 5.81. The van der Waals surface area contributed by atoms with Crippen molar-refractivity contribution in [3.05, 3.63) is 89.9 Å². The van der Waals surface area contributed by atoms with Crippen molar-refractivity contribution in [2.75, 3.05) is 0 Å². The first kappa shape index (κ1) is 21.5. The molecule has 3 rings (SSSR count). The van der Waals surface area contributed by atoms with Crippen LogP contribution in [0, 0.1) is 0 Å². The van der Waals surface area contributed by atoms with Crippen LogP contribution in [-0.2, 0) is 13.2 Å². The molecule has 2 aromatic carbocycles. The lowest BCUT2D eigenvalue weighted by atomic mass is 10.2. The predicted octanol–water partition coefficient (Wildman–Crippen LogP) is 7.46. The first-order valence-corrected chi connectivity index (χ1v) is 9.93. The fraction of sp³-hybridized carbons (Fsp3) is 0.280. The SMILES string of the molecule is CC.CC/C(=C\C=C(/C)F)Cn1ccc2cc(OCc3ccccc3)ccc21. The largest absolute Gasteiger partial charge is 0.489 e. The maximum atomic E-state index is 13.0. The van der Waals surface area contributed by atoms with E-state index in [1.54, 1.807) is 0 Å². The molecule has 28 heavy (non-hydrogen) atoms. The maximum absolute atomic E-state index is 13.0. The molecule has 3 heteroatoms. The highest BCUT2D eigenvalue weighted by atomic mass is 19.1. The van der Waals surface area contributed by atoms with Crippen LogP contribution in [0.1, 0.15) is 39.7 Å². The van der Waals surface area contributed by atoms with Gasteiger partial charge in [0.1, 0.15) is 12.4 Å². The molecule has 0 atom stereocenters. The summed E-state index contributed by atoms with van der Waals surface area (Å²) in [6.07, 6.45) is 6.36. The fourth-order valence-electron chi connectivity index (χ4n) is 2.88. The van der Waals surface area contributed by atoms with E-state index in [0.717, 1.165) is 35.2 Å². The third kappa shape index (κ3) is 6.12. The van der Waals surface area contributed by atoms with Gasteiger partial charge in [0.15, 0.2) is 0 Å². The third-order valence-corrected chi connectivity index (χ3v) is 4.37. The lowest BCUT2D eigenvalue weighted by molar-refractivity contribution is 0.306. The zero-order chi connectivity index (χ0) is 20.4. The van der Waals surface area contributed by atoms with E-state index in [1.807, 2.05) is 44.2 Å². The van der Waals surface area contributed by atoms with Crippen LogP contribution in [0.4, 0.5) is 4.39 Å². The number of rotatable bonds is 7. The van der Waals surface area contributed by atoms with Crippen molar-refractivity contribution < 1.29 is 9.13 Å². The fourth-order valence-corrected chi connectivity index (χ4v) is 2.88. The van der Waals surface area contributed by atoms with E-state index < -0.39 is 0 Å². The average molecular weight is 380 g/mol. The second kappa shape index (κ2) is 11.1. The summed E-state index contributed by atoms with van der Waals surface area (Å²) in [6, 6.07) is 18.4. The number of fused-ring (bicyclic) bond motifs is 1. The number of hydrogen-bond acceptors (Lipinski definition) is 1. The van der Waals surface area contributed by atoms with Gasteiger partial charge in [-0.25, -0.2) is 4.39 Å². The summed E-state index contributed by atoms with van der Waals surface area (Å²) < 4.78 is 21.1. The van der Waals surface area contributed by atoms with E-state index in [4.69, 9.17) is 4.74 Å². The Labute approximate surface area is 168 Å². The van der Waals surface area contributed by atoms with Gasteiger partial charge in [0.2, 0.25) is 0 Å². The molecule has 148 valence electrons. The molecule has 0 fully saturated rings. The third-order valence-electron chi connectivity index (χ3n) is 4.37. The van der Waals surface area contributed by atoms with Crippen LogP contribution < -0.4 is 4.74 Å². The summed E-state index contributed by atoms with van der Waals surface area (Å²) in [5.41, 5.74) is 3.49. The Bertz CT molecular complexity index is 918. The molecule has 2 nitrogen and oxygen atoms in total. The molecule has 0 saturated heterocycles. The van der Waals surface area contributed by atoms with Crippen molar-refractivity contribution in [1.82, 2.24) is 4.57 Å². The number of aromatic nitrogens is 1. The van der Waals surface area contributed by atoms with E-state index >= 15 is 0 Å². The van der Waals surface area contributed by atoms with E-state index in [0.29, 0.717) is 6.61 Å². The van der Waals surface area contributed by atoms with Gasteiger partial charge in [-0.05, 0) is 49.2 Å². The molecule has 0 aliphatic carbocycles. The summed E-state index contributed by atoms with van der Waals surface area (Å²) in [4.78, 5) is 0. The number of halogens is 1. The molecule has 0 spiro atoms. The molecule has 0 unspecified atom stereocenters. The summed E-state index contributed by atoms with van der Waals surface area (Å²) in [5.74, 6) is 0.690. The topological polar surface area (TPSA) is 14.2 Å². The lowest BCUT2D eigenvalue weighted by Crippen LogP contribution is -1.99. The molecule has 0 aliphatic heterocycles. The van der Waals surface area contributed by atoms with Gasteiger partial charge in [0.25, 0.3) is 0 Å². The molecule has 0 aliphatic rings. The smallest absolute Gasteiger partial charge is 0.120 e. The Balaban J connectivity index is 0.00000136. The maximum Gasteiger partial charge on any atom is 0.120 e. The van der Waals surface area contributed by atoms with Crippen LogP contribution in [0.25, 0.3) is 10.9 Å². The van der Waals surface area contributed by atoms with Crippen LogP contribution in [0.5, 0.6) is 5.75 Å². The van der Waals surface area contributed by atoms with Crippen molar-refractivity contribution in [3.8, 4) is 5.75 Å². The van der Waals surface area contributed by atoms with Crippen molar-refractivity contribution in [1.29, 1.82) is 0 Å². The Morgan fingerprint density at radius 1 is 1.04 bits per heavy atom. The van der Waals surface area contributed by atoms with E-state index in [1.165, 1.54) is 18.6 Å². The summed E-state index contributed by atoms with van der Waals surface area (Å²) in [7, 11) is 0. The standard InChI is InChI=1S/C23H24FNO.C2H6/c1-3-19(10-9-18(2)24)16-25-14-13-21-15-22(11-12-23(21)25)26-17-20-7-5-4-6-8-20;1-2/h4-15H,3,16-17H2,1-2H3;1-2H3/b18-9+,19-10+;. The first-order chi connectivity index (χ1) is 13.7. The zero-order valence-corrected chi connectivity index (χ0v) is 17.3. The van der Waals surface area contributed by atoms with Gasteiger partial charge >= 0.3 is 0 Å². The number of hydrogen-bond donors (Lipinski definition) is 0. The molecule has 0 radical (unpaired) electrons. The molecule has 1 heterocycles. The second-order valence-electron chi connectivity index (χ2n) is 6.37. The molecule has 0 saturated carbocycles. The highest BCUT2D eigenvalue weighted by Crippen LogP contribution is 2.24. The van der Waals surface area contributed by atoms with Crippen molar-refractivity contribution in [2.24, 2.45) is 0 Å². The van der Waals surface area contributed by atoms with Gasteiger partial charge in [-0.1, -0.05) is 62.8 Å². The number of ether oxygens (including phenoxy) is 1. The Hall–Kier alpha value is -2.81. The Morgan fingerprint density at radius 2 is 1.79 bits per heavy atom. The lowest BCUT2D eigenvalue weighted by Gasteiger charge is -2.09. The molecular weight excluding hydrogens is 349 g/mol. The molecule has 1 aromatic heterocycles. The summed E-state index contributed by atoms with van der Waals surface area (Å²) in [6.45, 7) is 8.87. The van der Waals surface area contributed by atoms with Crippen LogP contribution >= 0.6 is 0 Å². The molecule has 0 bridgehead atoms. The normalized spacial score (nSPS) is 11.9. The summed E-state index contributed by atoms with van der Waals surface area (Å²) >= 11 is 0. The van der Waals surface area contributed by atoms with Crippen LogP contribution in [-0.4, -0.2) is 4.57 Å². The number of benzene rings is 2. The Morgan fingerprint density at radius 3 is 2.46 bits per heavy atom. The van der Waals surface area contributed by atoms with Crippen LogP contribution in [0.2, 0.25) is 0 Å². The van der Waals surface area contributed by atoms with E-state index in [2.05, 4.69) is 48.0 Å². The molecular formula is C25H30FNO. The Kier molecular flexibility index (Phi) is 8.54. The van der Waals surface area contributed by atoms with Gasteiger partial charge in [-0.2, -0.15) is 0 Å². The minimum absolute atomic E-state index is 0.173. The highest BCUT2D eigenvalue weighted by Gasteiger charge is 2.05. The van der Waals surface area contributed by atoms with Crippen molar-refractivity contribution >= 4 is 10.9 Å². The number of allylic oxidation sites excluding steroid dienone is 4. The van der Waals surface area contributed by atoms with Gasteiger partial charge in [-0.3, -0.25) is 0 Å². The quantitative estimate of drug-likeness (QED) is 0.389. The first-order valence-electron chi connectivity index (χ1n) is 9.93. The summed E-state index contributed by atoms with van der Waals surface area (Å²) in [5, 5.41) is 1.14. The molecule has 3 aromatic rings. The second-order valence-corrected chi connectivity index (χ2v) is 6.37. The predicted molar refractivity (Wildman–Crippen MR) is 117 cm³/mol. The zero-order valence-electron chi connectivity index (χ0n) is 17.3. The van der Waals surface area contributed by atoms with Gasteiger partial charge in [0.05, 0.1) is 5.83 Å². The minimum atomic E-state index is -0.173. The van der Waals surface area contributed by atoms with E-state index in [9.17, 15) is 4.39 Å². The minimum Gasteiger partial charge on any atom is -0.489 e. The van der Waals surface area contributed by atoms with Crippen LogP contribution in [0.3, 0.4) is 0 Å². The number of nitrogens with zero attached hydrogens (tertiary/aromatic N) is 1. The average Bonchev–Trinajstić information content (AvgIpc) is 3.13. The molecule has 0 amide bonds. The van der Waals surface area contributed by atoms with Crippen LogP contribution in [0.15, 0.2) is 84.3 Å².